The normalized spacial score (nSPS) is 16.2. The van der Waals surface area contributed by atoms with Gasteiger partial charge in [-0.25, -0.2) is 0 Å². The zero-order chi connectivity index (χ0) is 16.9. The van der Waals surface area contributed by atoms with Crippen molar-refractivity contribution < 1.29 is 9.59 Å². The summed E-state index contributed by atoms with van der Waals surface area (Å²) in [6.07, 6.45) is 0.875. The smallest absolute Gasteiger partial charge is 0.238 e. The molecule has 2 amide bonds. The molecule has 0 aromatic heterocycles. The molecule has 0 spiro atoms. The minimum absolute atomic E-state index is 0.121. The molecule has 3 rings (SSSR count). The summed E-state index contributed by atoms with van der Waals surface area (Å²) < 4.78 is 0. The summed E-state index contributed by atoms with van der Waals surface area (Å²) >= 11 is 7.37. The topological polar surface area (TPSA) is 58.2 Å². The van der Waals surface area contributed by atoms with E-state index in [1.165, 1.54) is 11.8 Å². The zero-order valence-corrected chi connectivity index (χ0v) is 14.5. The Morgan fingerprint density at radius 3 is 2.88 bits per heavy atom. The SMILES string of the molecule is O=C(C[C@@H]1Sc2ccccc2NC1=O)NCCc1cccc(Cl)c1. The lowest BCUT2D eigenvalue weighted by Gasteiger charge is -2.23. The van der Waals surface area contributed by atoms with Crippen LogP contribution in [0.3, 0.4) is 0 Å². The molecule has 0 unspecified atom stereocenters. The maximum absolute atomic E-state index is 12.1. The summed E-state index contributed by atoms with van der Waals surface area (Å²) in [6.45, 7) is 0.523. The van der Waals surface area contributed by atoms with E-state index in [4.69, 9.17) is 11.6 Å². The fourth-order valence-corrected chi connectivity index (χ4v) is 3.83. The average molecular weight is 361 g/mol. The molecule has 2 aromatic carbocycles. The Balaban J connectivity index is 1.49. The van der Waals surface area contributed by atoms with E-state index in [0.717, 1.165) is 16.1 Å². The molecule has 4 nitrogen and oxygen atoms in total. The van der Waals surface area contributed by atoms with Crippen molar-refractivity contribution in [2.24, 2.45) is 0 Å². The van der Waals surface area contributed by atoms with Gasteiger partial charge in [0.05, 0.1) is 10.9 Å². The van der Waals surface area contributed by atoms with Crippen LogP contribution in [0.2, 0.25) is 5.02 Å². The van der Waals surface area contributed by atoms with E-state index in [-0.39, 0.29) is 18.2 Å². The summed E-state index contributed by atoms with van der Waals surface area (Å²) in [7, 11) is 0. The van der Waals surface area contributed by atoms with Crippen molar-refractivity contribution >= 4 is 40.9 Å². The summed E-state index contributed by atoms with van der Waals surface area (Å²) in [5, 5.41) is 6.01. The van der Waals surface area contributed by atoms with Crippen LogP contribution in [0.25, 0.3) is 0 Å². The fourth-order valence-electron chi connectivity index (χ4n) is 2.51. The van der Waals surface area contributed by atoms with Crippen molar-refractivity contribution in [2.75, 3.05) is 11.9 Å². The van der Waals surface area contributed by atoms with Crippen molar-refractivity contribution in [3.63, 3.8) is 0 Å². The summed E-state index contributed by atoms with van der Waals surface area (Å²) in [6, 6.07) is 15.2. The number of halogens is 1. The number of amides is 2. The van der Waals surface area contributed by atoms with Gasteiger partial charge in [0, 0.05) is 22.9 Å². The molecule has 2 N–H and O–H groups in total. The van der Waals surface area contributed by atoms with Crippen LogP contribution in [0, 0.1) is 0 Å². The number of carbonyl (C=O) groups is 2. The van der Waals surface area contributed by atoms with E-state index in [9.17, 15) is 9.59 Å². The van der Waals surface area contributed by atoms with Crippen LogP contribution in [0.1, 0.15) is 12.0 Å². The Morgan fingerprint density at radius 2 is 2.04 bits per heavy atom. The molecule has 0 bridgehead atoms. The van der Waals surface area contributed by atoms with Crippen molar-refractivity contribution in [1.82, 2.24) is 5.32 Å². The number of para-hydroxylation sites is 1. The predicted molar refractivity (Wildman–Crippen MR) is 97.5 cm³/mol. The zero-order valence-electron chi connectivity index (χ0n) is 12.9. The number of rotatable bonds is 5. The second-order valence-corrected chi connectivity index (χ2v) is 7.21. The highest BCUT2D eigenvalue weighted by atomic mass is 35.5. The first kappa shape index (κ1) is 16.9. The molecule has 0 aliphatic carbocycles. The van der Waals surface area contributed by atoms with Crippen LogP contribution in [0.5, 0.6) is 0 Å². The Morgan fingerprint density at radius 1 is 1.21 bits per heavy atom. The summed E-state index contributed by atoms with van der Waals surface area (Å²) in [5.74, 6) is -0.243. The molecule has 0 radical (unpaired) electrons. The van der Waals surface area contributed by atoms with Crippen molar-refractivity contribution in [3.05, 3.63) is 59.1 Å². The number of hydrogen-bond donors (Lipinski definition) is 2. The van der Waals surface area contributed by atoms with E-state index >= 15 is 0 Å². The average Bonchev–Trinajstić information content (AvgIpc) is 2.55. The molecule has 0 fully saturated rings. The Kier molecular flexibility index (Phi) is 5.43. The molecule has 6 heteroatoms. The van der Waals surface area contributed by atoms with Crippen LogP contribution in [-0.4, -0.2) is 23.6 Å². The van der Waals surface area contributed by atoms with Gasteiger partial charge in [0.1, 0.15) is 0 Å². The van der Waals surface area contributed by atoms with Gasteiger partial charge in [0.25, 0.3) is 0 Å². The van der Waals surface area contributed by atoms with Gasteiger partial charge >= 0.3 is 0 Å². The van der Waals surface area contributed by atoms with Crippen LogP contribution in [-0.2, 0) is 16.0 Å². The van der Waals surface area contributed by atoms with Gasteiger partial charge in [0.15, 0.2) is 0 Å². The van der Waals surface area contributed by atoms with Gasteiger partial charge in [-0.3, -0.25) is 9.59 Å². The lowest BCUT2D eigenvalue weighted by atomic mass is 10.1. The van der Waals surface area contributed by atoms with Crippen molar-refractivity contribution in [2.45, 2.75) is 23.0 Å². The molecule has 24 heavy (non-hydrogen) atoms. The minimum atomic E-state index is -0.397. The summed E-state index contributed by atoms with van der Waals surface area (Å²) in [4.78, 5) is 25.2. The number of fused-ring (bicyclic) bond motifs is 1. The molecular formula is C18H17ClN2O2S. The predicted octanol–water partition coefficient (Wildman–Crippen LogP) is 3.50. The third-order valence-electron chi connectivity index (χ3n) is 3.70. The second kappa shape index (κ2) is 7.73. The van der Waals surface area contributed by atoms with Crippen molar-refractivity contribution in [1.29, 1.82) is 0 Å². The Hall–Kier alpha value is -1.98. The van der Waals surface area contributed by atoms with Crippen LogP contribution in [0.15, 0.2) is 53.4 Å². The maximum atomic E-state index is 12.1. The molecule has 124 valence electrons. The molecular weight excluding hydrogens is 344 g/mol. The van der Waals surface area contributed by atoms with Gasteiger partial charge in [-0.1, -0.05) is 35.9 Å². The quantitative estimate of drug-likeness (QED) is 0.858. The molecule has 0 saturated carbocycles. The van der Waals surface area contributed by atoms with Crippen LogP contribution < -0.4 is 10.6 Å². The number of nitrogens with one attached hydrogen (secondary N) is 2. The highest BCUT2D eigenvalue weighted by molar-refractivity contribution is 8.01. The van der Waals surface area contributed by atoms with E-state index in [1.807, 2.05) is 48.5 Å². The standard InChI is InChI=1S/C18H17ClN2O2S/c19-13-5-3-4-12(10-13)8-9-20-17(22)11-16-18(23)21-14-6-1-2-7-15(14)24-16/h1-7,10,16H,8-9,11H2,(H,20,22)(H,21,23)/t16-/m0/s1. The van der Waals surface area contributed by atoms with E-state index < -0.39 is 5.25 Å². The molecule has 1 aliphatic heterocycles. The largest absolute Gasteiger partial charge is 0.356 e. The number of benzene rings is 2. The third kappa shape index (κ3) is 4.30. The van der Waals surface area contributed by atoms with Gasteiger partial charge in [0.2, 0.25) is 11.8 Å². The molecule has 0 saturated heterocycles. The highest BCUT2D eigenvalue weighted by Gasteiger charge is 2.28. The van der Waals surface area contributed by atoms with Gasteiger partial charge in [-0.15, -0.1) is 11.8 Å². The monoisotopic (exact) mass is 360 g/mol. The molecule has 2 aromatic rings. The fraction of sp³-hybridized carbons (Fsp3) is 0.222. The number of carbonyl (C=O) groups excluding carboxylic acids is 2. The van der Waals surface area contributed by atoms with Crippen LogP contribution >= 0.6 is 23.4 Å². The second-order valence-electron chi connectivity index (χ2n) is 5.53. The van der Waals surface area contributed by atoms with Gasteiger partial charge in [-0.2, -0.15) is 0 Å². The summed E-state index contributed by atoms with van der Waals surface area (Å²) in [5.41, 5.74) is 1.88. The first-order valence-corrected chi connectivity index (χ1v) is 8.95. The molecule has 1 aliphatic rings. The third-order valence-corrected chi connectivity index (χ3v) is 5.21. The number of hydrogen-bond acceptors (Lipinski definition) is 3. The first-order chi connectivity index (χ1) is 11.6. The van der Waals surface area contributed by atoms with Crippen molar-refractivity contribution in [3.8, 4) is 0 Å². The Labute approximate surface area is 150 Å². The Bertz CT molecular complexity index is 766. The minimum Gasteiger partial charge on any atom is -0.356 e. The van der Waals surface area contributed by atoms with E-state index in [1.54, 1.807) is 0 Å². The van der Waals surface area contributed by atoms with E-state index in [0.29, 0.717) is 18.0 Å². The van der Waals surface area contributed by atoms with E-state index in [2.05, 4.69) is 10.6 Å². The van der Waals surface area contributed by atoms with Gasteiger partial charge < -0.3 is 10.6 Å². The highest BCUT2D eigenvalue weighted by Crippen LogP contribution is 2.36. The molecule has 1 heterocycles. The lowest BCUT2D eigenvalue weighted by Crippen LogP contribution is -2.35. The number of anilines is 1. The first-order valence-electron chi connectivity index (χ1n) is 7.69. The maximum Gasteiger partial charge on any atom is 0.238 e. The number of thioether (sulfide) groups is 1. The lowest BCUT2D eigenvalue weighted by molar-refractivity contribution is -0.124. The molecule has 1 atom stereocenters. The van der Waals surface area contributed by atoms with Gasteiger partial charge in [-0.05, 0) is 36.2 Å². The van der Waals surface area contributed by atoms with Crippen LogP contribution in [0.4, 0.5) is 5.69 Å².